The first kappa shape index (κ1) is 16.7. The number of aromatic nitrogens is 3. The lowest BCUT2D eigenvalue weighted by Gasteiger charge is -2.06. The van der Waals surface area contributed by atoms with E-state index in [1.807, 2.05) is 0 Å². The van der Waals surface area contributed by atoms with E-state index in [0.717, 1.165) is 0 Å². The smallest absolute Gasteiger partial charge is 0.338 e. The van der Waals surface area contributed by atoms with Crippen molar-refractivity contribution >= 4 is 23.0 Å². The van der Waals surface area contributed by atoms with Crippen molar-refractivity contribution in [3.63, 3.8) is 0 Å². The van der Waals surface area contributed by atoms with Crippen LogP contribution in [0.5, 0.6) is 0 Å². The zero-order chi connectivity index (χ0) is 18.0. The van der Waals surface area contributed by atoms with Gasteiger partial charge in [0.25, 0.3) is 0 Å². The number of esters is 2. The number of ether oxygens (including phenoxy) is 2. The van der Waals surface area contributed by atoms with Crippen LogP contribution in [0, 0.1) is 6.92 Å². The third-order valence-electron chi connectivity index (χ3n) is 3.64. The summed E-state index contributed by atoms with van der Waals surface area (Å²) in [6.07, 6.45) is 1.51. The maximum absolute atomic E-state index is 12.2. The number of carbonyl (C=O) groups is 2. The Morgan fingerprint density at radius 2 is 2.16 bits per heavy atom. The Hall–Kier alpha value is -3.16. The van der Waals surface area contributed by atoms with Gasteiger partial charge in [0.15, 0.2) is 11.4 Å². The van der Waals surface area contributed by atoms with Crippen molar-refractivity contribution in [1.82, 2.24) is 14.8 Å². The molecule has 0 saturated carbocycles. The van der Waals surface area contributed by atoms with Crippen molar-refractivity contribution in [2.75, 3.05) is 13.7 Å². The van der Waals surface area contributed by atoms with E-state index in [1.165, 1.54) is 18.1 Å². The van der Waals surface area contributed by atoms with Gasteiger partial charge in [0, 0.05) is 0 Å². The largest absolute Gasteiger partial charge is 0.465 e. The third kappa shape index (κ3) is 3.10. The Balaban J connectivity index is 2.21. The van der Waals surface area contributed by atoms with Crippen molar-refractivity contribution < 1.29 is 23.5 Å². The Morgan fingerprint density at radius 3 is 2.80 bits per heavy atom. The van der Waals surface area contributed by atoms with Gasteiger partial charge in [-0.3, -0.25) is 4.79 Å². The minimum absolute atomic E-state index is 0.104. The molecular formula is C17H17N3O5. The highest BCUT2D eigenvalue weighted by Crippen LogP contribution is 2.28. The first-order valence-corrected chi connectivity index (χ1v) is 7.71. The van der Waals surface area contributed by atoms with Crippen LogP contribution in [0.15, 0.2) is 28.9 Å². The second-order valence-corrected chi connectivity index (χ2v) is 5.27. The molecule has 0 aromatic carbocycles. The van der Waals surface area contributed by atoms with Crippen LogP contribution in [0.2, 0.25) is 0 Å². The fourth-order valence-electron chi connectivity index (χ4n) is 2.61. The Morgan fingerprint density at radius 1 is 1.36 bits per heavy atom. The van der Waals surface area contributed by atoms with Gasteiger partial charge in [-0.2, -0.15) is 5.10 Å². The van der Waals surface area contributed by atoms with Gasteiger partial charge in [-0.15, -0.1) is 0 Å². The fourth-order valence-corrected chi connectivity index (χ4v) is 2.61. The number of hydrogen-bond donors (Lipinski definition) is 0. The molecule has 0 fully saturated rings. The highest BCUT2D eigenvalue weighted by Gasteiger charge is 2.22. The van der Waals surface area contributed by atoms with E-state index >= 15 is 0 Å². The molecule has 0 atom stereocenters. The van der Waals surface area contributed by atoms with Crippen molar-refractivity contribution in [2.45, 2.75) is 20.4 Å². The Kier molecular flexibility index (Phi) is 4.51. The zero-order valence-electron chi connectivity index (χ0n) is 14.1. The molecule has 0 radical (unpaired) electrons. The lowest BCUT2D eigenvalue weighted by Crippen LogP contribution is -2.15. The number of hydrogen-bond acceptors (Lipinski definition) is 7. The molecular weight excluding hydrogens is 326 g/mol. The molecule has 0 N–H and O–H groups in total. The molecule has 3 aromatic heterocycles. The van der Waals surface area contributed by atoms with Crippen molar-refractivity contribution in [2.24, 2.45) is 0 Å². The van der Waals surface area contributed by atoms with Gasteiger partial charge < -0.3 is 13.9 Å². The van der Waals surface area contributed by atoms with Gasteiger partial charge in [-0.05, 0) is 32.0 Å². The summed E-state index contributed by atoms with van der Waals surface area (Å²) in [5, 5.41) is 4.86. The summed E-state index contributed by atoms with van der Waals surface area (Å²) >= 11 is 0. The maximum atomic E-state index is 12.2. The third-order valence-corrected chi connectivity index (χ3v) is 3.64. The molecule has 0 spiro atoms. The van der Waals surface area contributed by atoms with Crippen LogP contribution >= 0.6 is 0 Å². The minimum atomic E-state index is -0.515. The number of pyridine rings is 1. The summed E-state index contributed by atoms with van der Waals surface area (Å²) in [4.78, 5) is 28.6. The van der Waals surface area contributed by atoms with Crippen LogP contribution in [-0.2, 0) is 20.8 Å². The summed E-state index contributed by atoms with van der Waals surface area (Å²) in [6, 6.07) is 5.05. The zero-order valence-corrected chi connectivity index (χ0v) is 14.1. The summed E-state index contributed by atoms with van der Waals surface area (Å²) in [7, 11) is 1.31. The molecule has 0 unspecified atom stereocenters. The molecule has 8 nitrogen and oxygen atoms in total. The summed E-state index contributed by atoms with van der Waals surface area (Å²) in [6.45, 7) is 3.64. The normalized spacial score (nSPS) is 10.8. The van der Waals surface area contributed by atoms with Crippen LogP contribution in [0.25, 0.3) is 22.5 Å². The van der Waals surface area contributed by atoms with E-state index in [9.17, 15) is 9.59 Å². The van der Waals surface area contributed by atoms with Crippen molar-refractivity contribution in [1.29, 1.82) is 0 Å². The Bertz CT molecular complexity index is 928. The van der Waals surface area contributed by atoms with Crippen LogP contribution in [0.4, 0.5) is 0 Å². The molecule has 0 aliphatic carbocycles. The predicted molar refractivity (Wildman–Crippen MR) is 87.9 cm³/mol. The lowest BCUT2D eigenvalue weighted by molar-refractivity contribution is -0.143. The molecule has 130 valence electrons. The van der Waals surface area contributed by atoms with Crippen molar-refractivity contribution in [3.05, 3.63) is 35.7 Å². The van der Waals surface area contributed by atoms with E-state index in [1.54, 1.807) is 32.0 Å². The van der Waals surface area contributed by atoms with E-state index in [2.05, 4.69) is 10.1 Å². The van der Waals surface area contributed by atoms with E-state index in [4.69, 9.17) is 13.9 Å². The van der Waals surface area contributed by atoms with E-state index in [-0.39, 0.29) is 13.2 Å². The molecule has 0 aliphatic rings. The predicted octanol–water partition coefficient (Wildman–Crippen LogP) is 2.35. The van der Waals surface area contributed by atoms with E-state index < -0.39 is 11.9 Å². The van der Waals surface area contributed by atoms with Gasteiger partial charge in [0.2, 0.25) is 0 Å². The average molecular weight is 343 g/mol. The number of methoxy groups -OCH3 is 1. The summed E-state index contributed by atoms with van der Waals surface area (Å²) in [5.41, 5.74) is 1.72. The standard InChI is InChI=1S/C17H17N3O5/c1-4-24-14(21)9-20-16-15(10(2)19-20)11(17(22)23-3)8-12(18-16)13-6-5-7-25-13/h5-8H,4,9H2,1-3H3. The molecule has 3 rings (SSSR count). The van der Waals surface area contributed by atoms with Gasteiger partial charge >= 0.3 is 11.9 Å². The SMILES string of the molecule is CCOC(=O)Cn1nc(C)c2c(C(=O)OC)cc(-c3ccco3)nc21. The molecule has 3 aromatic rings. The van der Waals surface area contributed by atoms with Crippen LogP contribution in [0.1, 0.15) is 23.0 Å². The monoisotopic (exact) mass is 343 g/mol. The van der Waals surface area contributed by atoms with Crippen LogP contribution in [-0.4, -0.2) is 40.4 Å². The number of rotatable bonds is 5. The van der Waals surface area contributed by atoms with Gasteiger partial charge in [0.1, 0.15) is 12.2 Å². The average Bonchev–Trinajstić information content (AvgIpc) is 3.23. The number of nitrogens with zero attached hydrogens (tertiary/aromatic N) is 3. The van der Waals surface area contributed by atoms with Gasteiger partial charge in [-0.1, -0.05) is 0 Å². The molecule has 3 heterocycles. The summed E-state index contributed by atoms with van der Waals surface area (Å²) in [5.74, 6) is -0.454. The summed E-state index contributed by atoms with van der Waals surface area (Å²) < 4.78 is 16.6. The molecule has 0 amide bonds. The molecule has 25 heavy (non-hydrogen) atoms. The highest BCUT2D eigenvalue weighted by molar-refractivity contribution is 6.04. The van der Waals surface area contributed by atoms with Gasteiger partial charge in [0.05, 0.1) is 36.6 Å². The highest BCUT2D eigenvalue weighted by atomic mass is 16.5. The molecule has 0 saturated heterocycles. The second kappa shape index (κ2) is 6.76. The first-order valence-electron chi connectivity index (χ1n) is 7.71. The van der Waals surface area contributed by atoms with Gasteiger partial charge in [-0.25, -0.2) is 14.5 Å². The molecule has 0 bridgehead atoms. The van der Waals surface area contributed by atoms with E-state index in [0.29, 0.717) is 33.7 Å². The first-order chi connectivity index (χ1) is 12.0. The molecule has 8 heteroatoms. The minimum Gasteiger partial charge on any atom is -0.465 e. The topological polar surface area (TPSA) is 96.5 Å². The lowest BCUT2D eigenvalue weighted by atomic mass is 10.1. The fraction of sp³-hybridized carbons (Fsp3) is 0.294. The Labute approximate surface area is 143 Å². The number of furan rings is 1. The number of aryl methyl sites for hydroxylation is 1. The number of fused-ring (bicyclic) bond motifs is 1. The molecule has 0 aliphatic heterocycles. The maximum Gasteiger partial charge on any atom is 0.338 e. The van der Waals surface area contributed by atoms with Crippen molar-refractivity contribution in [3.8, 4) is 11.5 Å². The van der Waals surface area contributed by atoms with Crippen LogP contribution < -0.4 is 0 Å². The second-order valence-electron chi connectivity index (χ2n) is 5.27. The quantitative estimate of drug-likeness (QED) is 0.656. The number of carbonyl (C=O) groups excluding carboxylic acids is 2. The van der Waals surface area contributed by atoms with Crippen LogP contribution in [0.3, 0.4) is 0 Å².